The highest BCUT2D eigenvalue weighted by molar-refractivity contribution is 5.60. The summed E-state index contributed by atoms with van der Waals surface area (Å²) in [5.41, 5.74) is 12.6. The average molecular weight is 223 g/mol. The number of nitrogens with zero attached hydrogens (tertiary/aromatic N) is 1. The Balaban J connectivity index is 2.27. The van der Waals surface area contributed by atoms with Gasteiger partial charge in [0.1, 0.15) is 5.75 Å². The first-order valence-electron chi connectivity index (χ1n) is 5.52. The van der Waals surface area contributed by atoms with Crippen LogP contribution in [0.1, 0.15) is 12.8 Å². The van der Waals surface area contributed by atoms with E-state index >= 15 is 0 Å². The number of anilines is 2. The molecule has 1 aromatic carbocycles. The summed E-state index contributed by atoms with van der Waals surface area (Å²) in [5.74, 6) is 0.721. The maximum absolute atomic E-state index is 5.77. The molecule has 0 saturated heterocycles. The van der Waals surface area contributed by atoms with Crippen LogP contribution in [0.4, 0.5) is 11.4 Å². The maximum atomic E-state index is 5.77. The van der Waals surface area contributed by atoms with Crippen molar-refractivity contribution in [2.24, 2.45) is 0 Å². The molecule has 0 saturated carbocycles. The Hall–Kier alpha value is -1.42. The molecule has 0 heterocycles. The van der Waals surface area contributed by atoms with Crippen molar-refractivity contribution in [2.75, 3.05) is 38.7 Å². The molecule has 0 atom stereocenters. The van der Waals surface area contributed by atoms with Crippen molar-refractivity contribution in [2.45, 2.75) is 12.8 Å². The first kappa shape index (κ1) is 12.6. The van der Waals surface area contributed by atoms with Crippen LogP contribution in [-0.4, -0.2) is 32.1 Å². The molecule has 0 aromatic heterocycles. The molecule has 0 unspecified atom stereocenters. The minimum Gasteiger partial charge on any atom is -0.491 e. The van der Waals surface area contributed by atoms with E-state index in [1.165, 1.54) is 0 Å². The van der Waals surface area contributed by atoms with E-state index in [-0.39, 0.29) is 0 Å². The summed E-state index contributed by atoms with van der Waals surface area (Å²) >= 11 is 0. The van der Waals surface area contributed by atoms with E-state index in [2.05, 4.69) is 19.0 Å². The lowest BCUT2D eigenvalue weighted by Crippen LogP contribution is -2.13. The van der Waals surface area contributed by atoms with Crippen LogP contribution >= 0.6 is 0 Å². The van der Waals surface area contributed by atoms with Gasteiger partial charge in [-0.3, -0.25) is 0 Å². The van der Waals surface area contributed by atoms with Gasteiger partial charge in [-0.05, 0) is 51.7 Å². The van der Waals surface area contributed by atoms with Gasteiger partial charge in [-0.15, -0.1) is 0 Å². The predicted octanol–water partition coefficient (Wildman–Crippen LogP) is 1.57. The SMILES string of the molecule is CN(C)CCCCOc1ccc(N)cc1N. The number of hydrogen-bond acceptors (Lipinski definition) is 4. The summed E-state index contributed by atoms with van der Waals surface area (Å²) in [7, 11) is 4.14. The van der Waals surface area contributed by atoms with Crippen molar-refractivity contribution < 1.29 is 4.74 Å². The van der Waals surface area contributed by atoms with Crippen molar-refractivity contribution in [3.8, 4) is 5.75 Å². The van der Waals surface area contributed by atoms with Crippen LogP contribution in [0.5, 0.6) is 5.75 Å². The Kier molecular flexibility index (Phi) is 4.92. The summed E-state index contributed by atoms with van der Waals surface area (Å²) in [6.07, 6.45) is 2.16. The van der Waals surface area contributed by atoms with Gasteiger partial charge in [0.25, 0.3) is 0 Å². The van der Waals surface area contributed by atoms with Crippen molar-refractivity contribution in [3.05, 3.63) is 18.2 Å². The molecule has 0 amide bonds. The lowest BCUT2D eigenvalue weighted by molar-refractivity contribution is 0.294. The summed E-state index contributed by atoms with van der Waals surface area (Å²) in [6.45, 7) is 1.78. The fraction of sp³-hybridized carbons (Fsp3) is 0.500. The molecule has 0 aliphatic carbocycles. The quantitative estimate of drug-likeness (QED) is 0.567. The molecule has 1 rings (SSSR count). The van der Waals surface area contributed by atoms with Crippen molar-refractivity contribution in [1.29, 1.82) is 0 Å². The number of nitrogens with two attached hydrogens (primary N) is 2. The van der Waals surface area contributed by atoms with Gasteiger partial charge in [0, 0.05) is 5.69 Å². The van der Waals surface area contributed by atoms with Crippen LogP contribution < -0.4 is 16.2 Å². The average Bonchev–Trinajstić information content (AvgIpc) is 2.20. The number of benzene rings is 1. The van der Waals surface area contributed by atoms with Gasteiger partial charge < -0.3 is 21.1 Å². The first-order valence-corrected chi connectivity index (χ1v) is 5.52. The molecule has 0 radical (unpaired) electrons. The summed E-state index contributed by atoms with van der Waals surface area (Å²) in [5, 5.41) is 0. The standard InChI is InChI=1S/C12H21N3O/c1-15(2)7-3-4-8-16-12-6-5-10(13)9-11(12)14/h5-6,9H,3-4,7-8,13-14H2,1-2H3. The van der Waals surface area contributed by atoms with E-state index < -0.39 is 0 Å². The Morgan fingerprint density at radius 3 is 2.56 bits per heavy atom. The normalized spacial score (nSPS) is 10.7. The highest BCUT2D eigenvalue weighted by Crippen LogP contribution is 2.23. The third-order valence-corrected chi connectivity index (χ3v) is 2.29. The van der Waals surface area contributed by atoms with Gasteiger partial charge in [0.2, 0.25) is 0 Å². The third kappa shape index (κ3) is 4.40. The predicted molar refractivity (Wildman–Crippen MR) is 68.5 cm³/mol. The Labute approximate surface area is 97.2 Å². The van der Waals surface area contributed by atoms with E-state index in [4.69, 9.17) is 16.2 Å². The molecular formula is C12H21N3O. The Morgan fingerprint density at radius 2 is 1.94 bits per heavy atom. The van der Waals surface area contributed by atoms with Crippen LogP contribution in [0.15, 0.2) is 18.2 Å². The maximum Gasteiger partial charge on any atom is 0.142 e. The molecule has 0 fully saturated rings. The molecule has 90 valence electrons. The zero-order valence-corrected chi connectivity index (χ0v) is 10.1. The number of unbranched alkanes of at least 4 members (excludes halogenated alkanes) is 1. The second-order valence-corrected chi connectivity index (χ2v) is 4.16. The molecule has 4 nitrogen and oxygen atoms in total. The van der Waals surface area contributed by atoms with Crippen LogP contribution in [0.2, 0.25) is 0 Å². The van der Waals surface area contributed by atoms with Crippen molar-refractivity contribution >= 4 is 11.4 Å². The topological polar surface area (TPSA) is 64.5 Å². The highest BCUT2D eigenvalue weighted by atomic mass is 16.5. The van der Waals surface area contributed by atoms with Crippen molar-refractivity contribution in [3.63, 3.8) is 0 Å². The van der Waals surface area contributed by atoms with Crippen LogP contribution in [0.25, 0.3) is 0 Å². The second kappa shape index (κ2) is 6.23. The summed E-state index contributed by atoms with van der Waals surface area (Å²) < 4.78 is 5.57. The largest absolute Gasteiger partial charge is 0.491 e. The number of hydrogen-bond donors (Lipinski definition) is 2. The summed E-state index contributed by atoms with van der Waals surface area (Å²) in [4.78, 5) is 2.16. The Bertz CT molecular complexity index is 326. The molecule has 0 bridgehead atoms. The minimum absolute atomic E-state index is 0.604. The first-order chi connectivity index (χ1) is 7.59. The van der Waals surface area contributed by atoms with Gasteiger partial charge in [0.05, 0.1) is 12.3 Å². The number of rotatable bonds is 6. The second-order valence-electron chi connectivity index (χ2n) is 4.16. The van der Waals surface area contributed by atoms with Crippen molar-refractivity contribution in [1.82, 2.24) is 4.90 Å². The third-order valence-electron chi connectivity index (χ3n) is 2.29. The molecule has 0 spiro atoms. The monoisotopic (exact) mass is 223 g/mol. The van der Waals surface area contributed by atoms with E-state index in [0.29, 0.717) is 18.0 Å². The van der Waals surface area contributed by atoms with Gasteiger partial charge in [-0.25, -0.2) is 0 Å². The zero-order valence-electron chi connectivity index (χ0n) is 10.1. The molecule has 0 aliphatic rings. The molecule has 4 heteroatoms. The fourth-order valence-corrected chi connectivity index (χ4v) is 1.41. The van der Waals surface area contributed by atoms with Gasteiger partial charge >= 0.3 is 0 Å². The van der Waals surface area contributed by atoms with E-state index in [1.807, 2.05) is 6.07 Å². The smallest absolute Gasteiger partial charge is 0.142 e. The van der Waals surface area contributed by atoms with Crippen LogP contribution in [-0.2, 0) is 0 Å². The lowest BCUT2D eigenvalue weighted by atomic mass is 10.2. The zero-order chi connectivity index (χ0) is 12.0. The molecule has 16 heavy (non-hydrogen) atoms. The molecule has 4 N–H and O–H groups in total. The van der Waals surface area contributed by atoms with E-state index in [0.717, 1.165) is 25.1 Å². The van der Waals surface area contributed by atoms with Gasteiger partial charge in [-0.2, -0.15) is 0 Å². The molecular weight excluding hydrogens is 202 g/mol. The highest BCUT2D eigenvalue weighted by Gasteiger charge is 2.00. The van der Waals surface area contributed by atoms with Gasteiger partial charge in [0.15, 0.2) is 0 Å². The number of nitrogen functional groups attached to an aromatic ring is 2. The Morgan fingerprint density at radius 1 is 1.19 bits per heavy atom. The minimum atomic E-state index is 0.604. The molecule has 0 aliphatic heterocycles. The lowest BCUT2D eigenvalue weighted by Gasteiger charge is -2.11. The number of ether oxygens (including phenoxy) is 1. The van der Waals surface area contributed by atoms with Crippen LogP contribution in [0.3, 0.4) is 0 Å². The molecule has 1 aromatic rings. The summed E-state index contributed by atoms with van der Waals surface area (Å²) in [6, 6.07) is 5.33. The fourth-order valence-electron chi connectivity index (χ4n) is 1.41. The van der Waals surface area contributed by atoms with E-state index in [1.54, 1.807) is 12.1 Å². The van der Waals surface area contributed by atoms with E-state index in [9.17, 15) is 0 Å². The van der Waals surface area contributed by atoms with Crippen LogP contribution in [0, 0.1) is 0 Å². The van der Waals surface area contributed by atoms with Gasteiger partial charge in [-0.1, -0.05) is 0 Å².